The van der Waals surface area contributed by atoms with E-state index in [0.717, 1.165) is 22.6 Å². The minimum absolute atomic E-state index is 0.131. The Bertz CT molecular complexity index is 1190. The van der Waals surface area contributed by atoms with Crippen LogP contribution in [0.2, 0.25) is 0 Å². The van der Waals surface area contributed by atoms with Gasteiger partial charge >= 0.3 is 0 Å². The molecule has 0 aliphatic rings. The van der Waals surface area contributed by atoms with Gasteiger partial charge in [0.05, 0.1) is 19.8 Å². The van der Waals surface area contributed by atoms with Crippen LogP contribution in [0, 0.1) is 0 Å². The molecule has 33 heavy (non-hydrogen) atoms. The second kappa shape index (κ2) is 10.3. The molecule has 0 spiro atoms. The van der Waals surface area contributed by atoms with Gasteiger partial charge in [-0.05, 0) is 60.2 Å². The van der Waals surface area contributed by atoms with E-state index in [0.29, 0.717) is 17.1 Å². The van der Waals surface area contributed by atoms with E-state index in [4.69, 9.17) is 9.47 Å². The predicted octanol–water partition coefficient (Wildman–Crippen LogP) is 7.07. The molecular weight excluding hydrogens is 410 g/mol. The molecular formula is C29H25NO3. The second-order valence-corrected chi connectivity index (χ2v) is 7.36. The number of hydrogen-bond acceptors (Lipinski definition) is 4. The molecule has 0 N–H and O–H groups in total. The van der Waals surface area contributed by atoms with Crippen LogP contribution in [0.1, 0.15) is 15.9 Å². The second-order valence-electron chi connectivity index (χ2n) is 7.36. The Morgan fingerprint density at radius 2 is 1.27 bits per heavy atom. The summed E-state index contributed by atoms with van der Waals surface area (Å²) in [6.45, 7) is 0. The van der Waals surface area contributed by atoms with Crippen molar-refractivity contribution in [3.63, 3.8) is 0 Å². The first-order valence-electron chi connectivity index (χ1n) is 10.6. The lowest BCUT2D eigenvalue weighted by Gasteiger charge is -2.25. The molecule has 0 amide bonds. The molecule has 0 unspecified atom stereocenters. The molecule has 0 saturated carbocycles. The fourth-order valence-corrected chi connectivity index (χ4v) is 3.60. The lowest BCUT2D eigenvalue weighted by Crippen LogP contribution is -2.09. The Morgan fingerprint density at radius 3 is 1.82 bits per heavy atom. The van der Waals surface area contributed by atoms with Crippen molar-refractivity contribution in [1.29, 1.82) is 0 Å². The summed E-state index contributed by atoms with van der Waals surface area (Å²) in [4.78, 5) is 14.9. The SMILES string of the molecule is COc1ccc(C(=O)C=Cc2ccc(N(c3ccccc3)c3ccccc3)cc2)c(OC)c1. The Morgan fingerprint density at radius 1 is 0.697 bits per heavy atom. The minimum Gasteiger partial charge on any atom is -0.497 e. The number of allylic oxidation sites excluding steroid dienone is 1. The zero-order chi connectivity index (χ0) is 23.0. The number of carbonyl (C=O) groups is 1. The van der Waals surface area contributed by atoms with Crippen LogP contribution < -0.4 is 14.4 Å². The van der Waals surface area contributed by atoms with Gasteiger partial charge in [0.15, 0.2) is 5.78 Å². The summed E-state index contributed by atoms with van der Waals surface area (Å²) in [5.74, 6) is 0.999. The number of para-hydroxylation sites is 2. The van der Waals surface area contributed by atoms with E-state index in [1.54, 1.807) is 38.5 Å². The Kier molecular flexibility index (Phi) is 6.86. The Balaban J connectivity index is 1.57. The van der Waals surface area contributed by atoms with Crippen LogP contribution >= 0.6 is 0 Å². The highest BCUT2D eigenvalue weighted by molar-refractivity contribution is 6.08. The van der Waals surface area contributed by atoms with Gasteiger partial charge in [-0.1, -0.05) is 54.6 Å². The summed E-state index contributed by atoms with van der Waals surface area (Å²) >= 11 is 0. The number of carbonyl (C=O) groups excluding carboxylic acids is 1. The maximum atomic E-state index is 12.7. The van der Waals surface area contributed by atoms with Crippen molar-refractivity contribution in [3.8, 4) is 11.5 Å². The van der Waals surface area contributed by atoms with E-state index in [-0.39, 0.29) is 5.78 Å². The number of methoxy groups -OCH3 is 2. The average Bonchev–Trinajstić information content (AvgIpc) is 2.89. The third-order valence-electron chi connectivity index (χ3n) is 5.28. The van der Waals surface area contributed by atoms with Gasteiger partial charge in [0, 0.05) is 23.1 Å². The van der Waals surface area contributed by atoms with Crippen molar-refractivity contribution in [1.82, 2.24) is 0 Å². The molecule has 0 radical (unpaired) electrons. The normalized spacial score (nSPS) is 10.7. The number of benzene rings is 4. The lowest BCUT2D eigenvalue weighted by atomic mass is 10.1. The number of rotatable bonds is 8. The molecule has 4 aromatic rings. The molecule has 0 aliphatic carbocycles. The molecule has 0 saturated heterocycles. The highest BCUT2D eigenvalue weighted by Crippen LogP contribution is 2.34. The van der Waals surface area contributed by atoms with Gasteiger partial charge in [0.2, 0.25) is 0 Å². The van der Waals surface area contributed by atoms with Crippen molar-refractivity contribution in [2.24, 2.45) is 0 Å². The summed E-state index contributed by atoms with van der Waals surface area (Å²) in [6, 6.07) is 33.8. The smallest absolute Gasteiger partial charge is 0.189 e. The Labute approximate surface area is 194 Å². The monoisotopic (exact) mass is 435 g/mol. The van der Waals surface area contributed by atoms with Gasteiger partial charge in [-0.3, -0.25) is 4.79 Å². The van der Waals surface area contributed by atoms with E-state index in [2.05, 4.69) is 41.3 Å². The average molecular weight is 436 g/mol. The van der Waals surface area contributed by atoms with Crippen molar-refractivity contribution in [2.75, 3.05) is 19.1 Å². The van der Waals surface area contributed by atoms with E-state index < -0.39 is 0 Å². The molecule has 4 aromatic carbocycles. The zero-order valence-corrected chi connectivity index (χ0v) is 18.6. The third kappa shape index (κ3) is 5.13. The maximum Gasteiger partial charge on any atom is 0.189 e. The van der Waals surface area contributed by atoms with E-state index in [1.807, 2.05) is 54.6 Å². The molecule has 0 aromatic heterocycles. The first-order valence-corrected chi connectivity index (χ1v) is 10.6. The highest BCUT2D eigenvalue weighted by Gasteiger charge is 2.12. The van der Waals surface area contributed by atoms with Gasteiger partial charge in [0.25, 0.3) is 0 Å². The van der Waals surface area contributed by atoms with Crippen LogP contribution in [0.15, 0.2) is 109 Å². The van der Waals surface area contributed by atoms with Crippen LogP contribution in [0.5, 0.6) is 11.5 Å². The van der Waals surface area contributed by atoms with Gasteiger partial charge in [-0.2, -0.15) is 0 Å². The van der Waals surface area contributed by atoms with Crippen molar-refractivity contribution in [3.05, 3.63) is 120 Å². The van der Waals surface area contributed by atoms with Crippen LogP contribution in [0.4, 0.5) is 17.1 Å². The van der Waals surface area contributed by atoms with Crippen molar-refractivity contribution < 1.29 is 14.3 Å². The lowest BCUT2D eigenvalue weighted by molar-refractivity contribution is 0.104. The Hall–Kier alpha value is -4.31. The van der Waals surface area contributed by atoms with Gasteiger partial charge in [0.1, 0.15) is 11.5 Å². The van der Waals surface area contributed by atoms with Gasteiger partial charge in [-0.25, -0.2) is 0 Å². The zero-order valence-electron chi connectivity index (χ0n) is 18.6. The molecule has 0 bridgehead atoms. The van der Waals surface area contributed by atoms with Crippen LogP contribution in [-0.4, -0.2) is 20.0 Å². The van der Waals surface area contributed by atoms with E-state index in [9.17, 15) is 4.79 Å². The van der Waals surface area contributed by atoms with Crippen molar-refractivity contribution in [2.45, 2.75) is 0 Å². The van der Waals surface area contributed by atoms with Crippen molar-refractivity contribution >= 4 is 28.9 Å². The van der Waals surface area contributed by atoms with Crippen LogP contribution in [-0.2, 0) is 0 Å². The maximum absolute atomic E-state index is 12.7. The molecule has 164 valence electrons. The fraction of sp³-hybridized carbons (Fsp3) is 0.0690. The largest absolute Gasteiger partial charge is 0.497 e. The first kappa shape index (κ1) is 21.9. The number of hydrogen-bond donors (Lipinski definition) is 0. The molecule has 4 nitrogen and oxygen atoms in total. The minimum atomic E-state index is -0.131. The third-order valence-corrected chi connectivity index (χ3v) is 5.28. The van der Waals surface area contributed by atoms with E-state index >= 15 is 0 Å². The van der Waals surface area contributed by atoms with Crippen LogP contribution in [0.25, 0.3) is 6.08 Å². The molecule has 0 aliphatic heterocycles. The summed E-state index contributed by atoms with van der Waals surface area (Å²) in [5.41, 5.74) is 4.61. The van der Waals surface area contributed by atoms with E-state index in [1.165, 1.54) is 0 Å². The number of nitrogens with zero attached hydrogens (tertiary/aromatic N) is 1. The number of ketones is 1. The highest BCUT2D eigenvalue weighted by atomic mass is 16.5. The molecule has 4 heteroatoms. The predicted molar refractivity (Wildman–Crippen MR) is 134 cm³/mol. The quantitative estimate of drug-likeness (QED) is 0.219. The number of ether oxygens (including phenoxy) is 2. The molecule has 0 heterocycles. The van der Waals surface area contributed by atoms with Gasteiger partial charge < -0.3 is 14.4 Å². The summed E-state index contributed by atoms with van der Waals surface area (Å²) in [7, 11) is 3.12. The molecule has 0 atom stereocenters. The van der Waals surface area contributed by atoms with Gasteiger partial charge in [-0.15, -0.1) is 0 Å². The standard InChI is InChI=1S/C29H25NO3/c1-32-26-18-19-27(29(21-26)33-2)28(31)20-15-22-13-16-25(17-14-22)30(23-9-5-3-6-10-23)24-11-7-4-8-12-24/h3-21H,1-2H3. The van der Waals surface area contributed by atoms with Crippen LogP contribution in [0.3, 0.4) is 0 Å². The topological polar surface area (TPSA) is 38.8 Å². The fourth-order valence-electron chi connectivity index (χ4n) is 3.60. The first-order chi connectivity index (χ1) is 16.2. The summed E-state index contributed by atoms with van der Waals surface area (Å²) in [6.07, 6.45) is 3.37. The molecule has 4 rings (SSSR count). The summed E-state index contributed by atoms with van der Waals surface area (Å²) < 4.78 is 10.5. The number of anilines is 3. The molecule has 0 fully saturated rings. The summed E-state index contributed by atoms with van der Waals surface area (Å²) in [5, 5.41) is 0.